The largest absolute Gasteiger partial charge is 0.341 e. The molecule has 0 atom stereocenters. The van der Waals surface area contributed by atoms with E-state index >= 15 is 0 Å². The maximum absolute atomic E-state index is 13.3. The van der Waals surface area contributed by atoms with Gasteiger partial charge in [-0.1, -0.05) is 0 Å². The van der Waals surface area contributed by atoms with Crippen molar-refractivity contribution in [3.63, 3.8) is 0 Å². The van der Waals surface area contributed by atoms with E-state index in [9.17, 15) is 13.2 Å². The third-order valence-electron chi connectivity index (χ3n) is 7.21. The Morgan fingerprint density at radius 3 is 1.54 bits per heavy atom. The Morgan fingerprint density at radius 1 is 0.676 bits per heavy atom. The highest BCUT2D eigenvalue weighted by Gasteiger charge is 2.30. The Labute approximate surface area is 218 Å². The molecule has 1 N–H and O–H groups in total. The maximum Gasteiger partial charge on any atom is 0.243 e. The van der Waals surface area contributed by atoms with Crippen molar-refractivity contribution in [1.29, 1.82) is 0 Å². The van der Waals surface area contributed by atoms with Crippen LogP contribution >= 0.6 is 0 Å². The molecule has 0 unspecified atom stereocenters. The first-order valence-corrected chi connectivity index (χ1v) is 14.7. The molecule has 1 amide bonds. The highest BCUT2D eigenvalue weighted by molar-refractivity contribution is 7.89. The lowest BCUT2D eigenvalue weighted by molar-refractivity contribution is -0.114. The van der Waals surface area contributed by atoms with Crippen molar-refractivity contribution in [1.82, 2.24) is 19.3 Å². The number of rotatable bonds is 6. The summed E-state index contributed by atoms with van der Waals surface area (Å²) in [5.41, 5.74) is 0.570. The highest BCUT2D eigenvalue weighted by Crippen LogP contribution is 2.26. The third-order valence-corrected chi connectivity index (χ3v) is 9.12. The number of anilines is 4. The number of piperazine rings is 1. The summed E-state index contributed by atoms with van der Waals surface area (Å²) in [7, 11) is -3.64. The molecule has 37 heavy (non-hydrogen) atoms. The fourth-order valence-corrected chi connectivity index (χ4v) is 6.57. The molecular weight excluding hydrogens is 492 g/mol. The zero-order valence-corrected chi connectivity index (χ0v) is 22.3. The van der Waals surface area contributed by atoms with Gasteiger partial charge in [0.15, 0.2) is 0 Å². The Kier molecular flexibility index (Phi) is 7.75. The summed E-state index contributed by atoms with van der Waals surface area (Å²) < 4.78 is 28.0. The number of hydrogen-bond donors (Lipinski definition) is 1. The summed E-state index contributed by atoms with van der Waals surface area (Å²) in [6.07, 6.45) is 7.04. The van der Waals surface area contributed by atoms with Crippen LogP contribution < -0.4 is 20.0 Å². The standard InChI is InChI=1S/C25H36N8O3S/c1-20(34)26-21-8-10-22(11-9-21)37(35,36)33-18-16-32(17-19-33)25-28-23(30-12-4-2-5-13-30)27-24(29-25)31-14-6-3-7-15-31/h8-11H,2-7,12-19H2,1H3,(H,26,34). The van der Waals surface area contributed by atoms with Gasteiger partial charge in [0.1, 0.15) is 0 Å². The van der Waals surface area contributed by atoms with Crippen molar-refractivity contribution in [3.8, 4) is 0 Å². The number of sulfonamides is 1. The predicted molar refractivity (Wildman–Crippen MR) is 144 cm³/mol. The van der Waals surface area contributed by atoms with Crippen LogP contribution in [0.2, 0.25) is 0 Å². The van der Waals surface area contributed by atoms with Crippen LogP contribution in [0.1, 0.15) is 45.4 Å². The van der Waals surface area contributed by atoms with Gasteiger partial charge in [0.2, 0.25) is 33.8 Å². The molecule has 3 aliphatic rings. The number of aromatic nitrogens is 3. The molecule has 11 nitrogen and oxygen atoms in total. The van der Waals surface area contributed by atoms with Gasteiger partial charge in [0.05, 0.1) is 4.90 Å². The first-order chi connectivity index (χ1) is 17.9. The second-order valence-corrected chi connectivity index (χ2v) is 11.9. The predicted octanol–water partition coefficient (Wildman–Crippen LogP) is 2.32. The van der Waals surface area contributed by atoms with Crippen molar-refractivity contribution >= 4 is 39.5 Å². The molecule has 0 saturated carbocycles. The van der Waals surface area contributed by atoms with E-state index in [0.29, 0.717) is 37.8 Å². The first-order valence-electron chi connectivity index (χ1n) is 13.3. The minimum Gasteiger partial charge on any atom is -0.341 e. The summed E-state index contributed by atoms with van der Waals surface area (Å²) in [5.74, 6) is 1.91. The Bertz CT molecular complexity index is 1150. The van der Waals surface area contributed by atoms with E-state index in [1.54, 1.807) is 12.1 Å². The van der Waals surface area contributed by atoms with Gasteiger partial charge in [0, 0.05) is 65.0 Å². The normalized spacial score (nSPS) is 19.6. The van der Waals surface area contributed by atoms with Gasteiger partial charge in [-0.25, -0.2) is 8.42 Å². The topological polar surface area (TPSA) is 115 Å². The zero-order chi connectivity index (χ0) is 25.8. The average molecular weight is 529 g/mol. The number of nitrogens with one attached hydrogen (secondary N) is 1. The van der Waals surface area contributed by atoms with Crippen molar-refractivity contribution in [2.24, 2.45) is 0 Å². The number of piperidine rings is 2. The van der Waals surface area contributed by atoms with E-state index in [1.807, 2.05) is 0 Å². The SMILES string of the molecule is CC(=O)Nc1ccc(S(=O)(=O)N2CCN(c3nc(N4CCCCC4)nc(N4CCCCC4)n3)CC2)cc1. The Morgan fingerprint density at radius 2 is 1.11 bits per heavy atom. The van der Waals surface area contributed by atoms with E-state index in [1.165, 1.54) is 36.2 Å². The lowest BCUT2D eigenvalue weighted by Gasteiger charge is -2.35. The molecule has 0 bridgehead atoms. The van der Waals surface area contributed by atoms with Crippen LogP contribution in [0, 0.1) is 0 Å². The van der Waals surface area contributed by atoms with Gasteiger partial charge in [0.25, 0.3) is 0 Å². The van der Waals surface area contributed by atoms with Crippen LogP contribution in [-0.4, -0.2) is 85.9 Å². The highest BCUT2D eigenvalue weighted by atomic mass is 32.2. The summed E-state index contributed by atoms with van der Waals surface area (Å²) in [6.45, 7) is 6.94. The van der Waals surface area contributed by atoms with Gasteiger partial charge in [-0.15, -0.1) is 0 Å². The molecule has 12 heteroatoms. The number of amides is 1. The number of hydrogen-bond acceptors (Lipinski definition) is 9. The van der Waals surface area contributed by atoms with Crippen LogP contribution in [0.4, 0.5) is 23.5 Å². The number of carbonyl (C=O) groups excluding carboxylic acids is 1. The number of nitrogens with zero attached hydrogens (tertiary/aromatic N) is 7. The molecule has 1 aromatic heterocycles. The van der Waals surface area contributed by atoms with E-state index < -0.39 is 10.0 Å². The van der Waals surface area contributed by atoms with Crippen LogP contribution in [0.5, 0.6) is 0 Å². The molecule has 2 aromatic rings. The molecule has 200 valence electrons. The molecular formula is C25H36N8O3S. The lowest BCUT2D eigenvalue weighted by atomic mass is 10.1. The quantitative estimate of drug-likeness (QED) is 0.603. The smallest absolute Gasteiger partial charge is 0.243 e. The van der Waals surface area contributed by atoms with Crippen molar-refractivity contribution < 1.29 is 13.2 Å². The molecule has 3 aliphatic heterocycles. The van der Waals surface area contributed by atoms with E-state index in [2.05, 4.69) is 20.0 Å². The minimum atomic E-state index is -3.64. The zero-order valence-electron chi connectivity index (χ0n) is 21.5. The van der Waals surface area contributed by atoms with Gasteiger partial charge < -0.3 is 20.0 Å². The summed E-state index contributed by atoms with van der Waals surface area (Å²) in [4.78, 5) is 32.6. The van der Waals surface area contributed by atoms with Crippen molar-refractivity contribution in [2.45, 2.75) is 50.3 Å². The average Bonchev–Trinajstić information content (AvgIpc) is 2.94. The van der Waals surface area contributed by atoms with Gasteiger partial charge in [-0.05, 0) is 62.8 Å². The molecule has 5 rings (SSSR count). The monoisotopic (exact) mass is 528 g/mol. The molecule has 0 aliphatic carbocycles. The Balaban J connectivity index is 1.31. The molecule has 1 aromatic carbocycles. The van der Waals surface area contributed by atoms with Crippen molar-refractivity contribution in [3.05, 3.63) is 24.3 Å². The molecule has 0 radical (unpaired) electrons. The second-order valence-electron chi connectivity index (χ2n) is 9.93. The first kappa shape index (κ1) is 25.7. The fraction of sp³-hybridized carbons (Fsp3) is 0.600. The van der Waals surface area contributed by atoms with Crippen LogP contribution in [0.3, 0.4) is 0 Å². The fourth-order valence-electron chi connectivity index (χ4n) is 5.15. The summed E-state index contributed by atoms with van der Waals surface area (Å²) in [5, 5.41) is 2.66. The van der Waals surface area contributed by atoms with Gasteiger partial charge in [-0.2, -0.15) is 19.3 Å². The summed E-state index contributed by atoms with van der Waals surface area (Å²) in [6, 6.07) is 6.29. The molecule has 0 spiro atoms. The minimum absolute atomic E-state index is 0.197. The molecule has 4 heterocycles. The van der Waals surface area contributed by atoms with E-state index in [0.717, 1.165) is 63.8 Å². The number of carbonyl (C=O) groups is 1. The lowest BCUT2D eigenvalue weighted by Crippen LogP contribution is -2.49. The second kappa shape index (κ2) is 11.2. The number of benzene rings is 1. The van der Waals surface area contributed by atoms with Crippen LogP contribution in [0.15, 0.2) is 29.2 Å². The third kappa shape index (κ3) is 5.96. The van der Waals surface area contributed by atoms with Crippen LogP contribution in [0.25, 0.3) is 0 Å². The maximum atomic E-state index is 13.3. The molecule has 3 fully saturated rings. The summed E-state index contributed by atoms with van der Waals surface area (Å²) >= 11 is 0. The Hall–Kier alpha value is -2.99. The van der Waals surface area contributed by atoms with Gasteiger partial charge >= 0.3 is 0 Å². The van der Waals surface area contributed by atoms with Crippen molar-refractivity contribution in [2.75, 3.05) is 72.4 Å². The van der Waals surface area contributed by atoms with Gasteiger partial charge in [-0.3, -0.25) is 4.79 Å². The van der Waals surface area contributed by atoms with Crippen LogP contribution in [-0.2, 0) is 14.8 Å². The van der Waals surface area contributed by atoms with E-state index in [-0.39, 0.29) is 10.8 Å². The van der Waals surface area contributed by atoms with E-state index in [4.69, 9.17) is 15.0 Å². The molecule has 3 saturated heterocycles.